The van der Waals surface area contributed by atoms with Crippen LogP contribution < -0.4 is 5.32 Å². The molecule has 0 fully saturated rings. The fourth-order valence-corrected chi connectivity index (χ4v) is 2.75. The van der Waals surface area contributed by atoms with Gasteiger partial charge < -0.3 is 5.32 Å². The molecule has 2 nitrogen and oxygen atoms in total. The van der Waals surface area contributed by atoms with Gasteiger partial charge in [0.2, 0.25) is 0 Å². The molecule has 1 N–H and O–H groups in total. The third-order valence-electron chi connectivity index (χ3n) is 3.71. The van der Waals surface area contributed by atoms with Gasteiger partial charge in [-0.2, -0.15) is 0 Å². The van der Waals surface area contributed by atoms with Crippen molar-refractivity contribution in [2.75, 3.05) is 0 Å². The minimum Gasteiger partial charge on any atom is -0.333 e. The second-order valence-corrected chi connectivity index (χ2v) is 4.98. The van der Waals surface area contributed by atoms with Gasteiger partial charge in [0.05, 0.1) is 0 Å². The quantitative estimate of drug-likeness (QED) is 0.894. The molecule has 0 saturated heterocycles. The molecule has 0 saturated carbocycles. The number of amides is 1. The van der Waals surface area contributed by atoms with Crippen molar-refractivity contribution in [3.63, 3.8) is 0 Å². The second kappa shape index (κ2) is 4.40. The number of rotatable bonds is 2. The van der Waals surface area contributed by atoms with E-state index in [1.165, 1.54) is 0 Å². The maximum atomic E-state index is 13.8. The fraction of sp³-hybridized carbons (Fsp3) is 0.188. The molecule has 1 aliphatic heterocycles. The molecule has 3 rings (SSSR count). The first-order valence-electron chi connectivity index (χ1n) is 6.33. The average molecular weight is 273 g/mol. The molecular formula is C16H13F2NO. The van der Waals surface area contributed by atoms with E-state index >= 15 is 0 Å². The van der Waals surface area contributed by atoms with Crippen molar-refractivity contribution >= 4 is 5.91 Å². The van der Waals surface area contributed by atoms with E-state index in [1.54, 1.807) is 42.5 Å². The predicted molar refractivity (Wildman–Crippen MR) is 71.9 cm³/mol. The van der Waals surface area contributed by atoms with Gasteiger partial charge in [0.15, 0.2) is 5.54 Å². The van der Waals surface area contributed by atoms with Crippen molar-refractivity contribution in [3.05, 3.63) is 70.8 Å². The highest BCUT2D eigenvalue weighted by atomic mass is 19.3. The monoisotopic (exact) mass is 273 g/mol. The summed E-state index contributed by atoms with van der Waals surface area (Å²) in [6.07, 6.45) is -2.73. The maximum absolute atomic E-state index is 13.8. The van der Waals surface area contributed by atoms with Gasteiger partial charge in [-0.05, 0) is 18.6 Å². The third kappa shape index (κ3) is 1.64. The number of carbonyl (C=O) groups excluding carboxylic acids is 1. The molecule has 20 heavy (non-hydrogen) atoms. The highest BCUT2D eigenvalue weighted by molar-refractivity contribution is 6.00. The summed E-state index contributed by atoms with van der Waals surface area (Å²) in [6.45, 7) is 1.84. The lowest BCUT2D eigenvalue weighted by atomic mass is 9.83. The van der Waals surface area contributed by atoms with Crippen molar-refractivity contribution in [1.82, 2.24) is 5.32 Å². The Balaban J connectivity index is 2.29. The first-order valence-corrected chi connectivity index (χ1v) is 6.33. The van der Waals surface area contributed by atoms with Gasteiger partial charge in [0.25, 0.3) is 12.3 Å². The summed E-state index contributed by atoms with van der Waals surface area (Å²) in [5.74, 6) is -0.456. The number of halogens is 2. The lowest BCUT2D eigenvalue weighted by Gasteiger charge is -2.30. The van der Waals surface area contributed by atoms with Crippen molar-refractivity contribution in [2.45, 2.75) is 18.9 Å². The summed E-state index contributed by atoms with van der Waals surface area (Å²) < 4.78 is 27.7. The Labute approximate surface area is 115 Å². The van der Waals surface area contributed by atoms with Crippen LogP contribution in [0.25, 0.3) is 0 Å². The Morgan fingerprint density at radius 3 is 2.55 bits per heavy atom. The lowest BCUT2D eigenvalue weighted by molar-refractivity contribution is 0.0517. The van der Waals surface area contributed by atoms with Crippen LogP contribution in [0.4, 0.5) is 8.78 Å². The molecule has 2 aromatic rings. The Morgan fingerprint density at radius 2 is 1.85 bits per heavy atom. The second-order valence-electron chi connectivity index (χ2n) is 4.98. The standard InChI is InChI=1S/C16H13F2NO/c1-10-5-4-6-11(9-10)16(15(17)18)13-8-3-2-7-12(13)14(20)19-16/h2-9,15H,1H3,(H,19,20). The predicted octanol–water partition coefficient (Wildman–Crippen LogP) is 3.25. The van der Waals surface area contributed by atoms with Crippen molar-refractivity contribution in [3.8, 4) is 0 Å². The SMILES string of the molecule is Cc1cccc(C2(C(F)F)NC(=O)c3ccccc32)c1. The number of hydrogen-bond acceptors (Lipinski definition) is 1. The van der Waals surface area contributed by atoms with Gasteiger partial charge in [-0.3, -0.25) is 4.79 Å². The number of benzene rings is 2. The van der Waals surface area contributed by atoms with Crippen LogP contribution in [0, 0.1) is 6.92 Å². The zero-order valence-corrected chi connectivity index (χ0v) is 10.9. The summed E-state index contributed by atoms with van der Waals surface area (Å²) in [4.78, 5) is 12.0. The van der Waals surface area contributed by atoms with Gasteiger partial charge in [-0.1, -0.05) is 48.0 Å². The Morgan fingerprint density at radius 1 is 1.10 bits per heavy atom. The van der Waals surface area contributed by atoms with Crippen LogP contribution in [-0.4, -0.2) is 12.3 Å². The smallest absolute Gasteiger partial charge is 0.269 e. The normalized spacial score (nSPS) is 20.9. The van der Waals surface area contributed by atoms with Crippen LogP contribution in [0.2, 0.25) is 0 Å². The van der Waals surface area contributed by atoms with Crippen molar-refractivity contribution in [1.29, 1.82) is 0 Å². The minimum absolute atomic E-state index is 0.314. The van der Waals surface area contributed by atoms with E-state index in [1.807, 2.05) is 13.0 Å². The average Bonchev–Trinajstić information content (AvgIpc) is 2.74. The summed E-state index contributed by atoms with van der Waals surface area (Å²) in [5.41, 5.74) is 0.187. The molecule has 1 unspecified atom stereocenters. The van der Waals surface area contributed by atoms with Crippen LogP contribution in [-0.2, 0) is 5.54 Å². The molecule has 1 atom stereocenters. The zero-order valence-electron chi connectivity index (χ0n) is 10.9. The highest BCUT2D eigenvalue weighted by Gasteiger charge is 2.51. The van der Waals surface area contributed by atoms with E-state index in [0.29, 0.717) is 16.7 Å². The maximum Gasteiger partial charge on any atom is 0.269 e. The number of nitrogens with one attached hydrogen (secondary N) is 1. The Bertz CT molecular complexity index is 684. The van der Waals surface area contributed by atoms with Crippen molar-refractivity contribution < 1.29 is 13.6 Å². The van der Waals surface area contributed by atoms with E-state index in [0.717, 1.165) is 5.56 Å². The molecule has 2 aromatic carbocycles. The Hall–Kier alpha value is -2.23. The molecular weight excluding hydrogens is 260 g/mol. The van der Waals surface area contributed by atoms with E-state index in [4.69, 9.17) is 0 Å². The number of hydrogen-bond donors (Lipinski definition) is 1. The molecule has 1 amide bonds. The molecule has 4 heteroatoms. The minimum atomic E-state index is -2.73. The van der Waals surface area contributed by atoms with Crippen LogP contribution >= 0.6 is 0 Å². The highest BCUT2D eigenvalue weighted by Crippen LogP contribution is 2.41. The molecule has 102 valence electrons. The summed E-state index contributed by atoms with van der Waals surface area (Å²) in [7, 11) is 0. The molecule has 0 aromatic heterocycles. The van der Waals surface area contributed by atoms with Gasteiger partial charge in [0.1, 0.15) is 0 Å². The number of aryl methyl sites for hydroxylation is 1. The fourth-order valence-electron chi connectivity index (χ4n) is 2.75. The molecule has 0 spiro atoms. The first-order chi connectivity index (χ1) is 9.55. The lowest BCUT2D eigenvalue weighted by Crippen LogP contribution is -2.46. The number of carbonyl (C=O) groups is 1. The van der Waals surface area contributed by atoms with Crippen LogP contribution in [0.15, 0.2) is 48.5 Å². The van der Waals surface area contributed by atoms with Gasteiger partial charge in [-0.15, -0.1) is 0 Å². The van der Waals surface area contributed by atoms with E-state index < -0.39 is 17.9 Å². The topological polar surface area (TPSA) is 29.1 Å². The van der Waals surface area contributed by atoms with Crippen LogP contribution in [0.3, 0.4) is 0 Å². The molecule has 1 heterocycles. The number of alkyl halides is 2. The summed E-state index contributed by atoms with van der Waals surface area (Å²) >= 11 is 0. The van der Waals surface area contributed by atoms with Crippen LogP contribution in [0.1, 0.15) is 27.0 Å². The zero-order chi connectivity index (χ0) is 14.3. The number of fused-ring (bicyclic) bond motifs is 1. The molecule has 1 aliphatic rings. The molecule has 0 radical (unpaired) electrons. The van der Waals surface area contributed by atoms with E-state index in [-0.39, 0.29) is 0 Å². The first kappa shape index (κ1) is 12.8. The van der Waals surface area contributed by atoms with E-state index in [2.05, 4.69) is 5.32 Å². The largest absolute Gasteiger partial charge is 0.333 e. The summed E-state index contributed by atoms with van der Waals surface area (Å²) in [6, 6.07) is 13.4. The Kier molecular flexibility index (Phi) is 2.82. The third-order valence-corrected chi connectivity index (χ3v) is 3.71. The molecule has 0 aliphatic carbocycles. The van der Waals surface area contributed by atoms with Gasteiger partial charge >= 0.3 is 0 Å². The summed E-state index contributed by atoms with van der Waals surface area (Å²) in [5, 5.41) is 2.49. The van der Waals surface area contributed by atoms with Gasteiger partial charge in [-0.25, -0.2) is 8.78 Å². The van der Waals surface area contributed by atoms with Crippen molar-refractivity contribution in [2.24, 2.45) is 0 Å². The van der Waals surface area contributed by atoms with Gasteiger partial charge in [0, 0.05) is 11.1 Å². The van der Waals surface area contributed by atoms with Crippen LogP contribution in [0.5, 0.6) is 0 Å². The molecule has 0 bridgehead atoms. The van der Waals surface area contributed by atoms with E-state index in [9.17, 15) is 13.6 Å².